The zero-order valence-corrected chi connectivity index (χ0v) is 23.3. The first kappa shape index (κ1) is 30.5. The molecule has 0 spiro atoms. The van der Waals surface area contributed by atoms with Crippen LogP contribution in [0.15, 0.2) is 48.5 Å². The van der Waals surface area contributed by atoms with Crippen molar-refractivity contribution in [1.29, 1.82) is 0 Å². The van der Waals surface area contributed by atoms with E-state index < -0.39 is 41.6 Å². The lowest BCUT2D eigenvalue weighted by Crippen LogP contribution is -2.56. The summed E-state index contributed by atoms with van der Waals surface area (Å²) >= 11 is 0. The molecule has 0 radical (unpaired) electrons. The molecule has 208 valence electrons. The van der Waals surface area contributed by atoms with Gasteiger partial charge in [-0.2, -0.15) is 0 Å². The molecule has 2 aromatic carbocycles. The molecular formula is C29H41N3O6. The largest absolute Gasteiger partial charge is 0.508 e. The van der Waals surface area contributed by atoms with Gasteiger partial charge in [-0.1, -0.05) is 31.2 Å². The lowest BCUT2D eigenvalue weighted by molar-refractivity contribution is -0.145. The van der Waals surface area contributed by atoms with Crippen molar-refractivity contribution in [2.24, 2.45) is 0 Å². The quantitative estimate of drug-likeness (QED) is 0.362. The number of phenols is 2. The summed E-state index contributed by atoms with van der Waals surface area (Å²) in [5.74, 6) is -0.841. The molecule has 4 N–H and O–H groups in total. The molecule has 0 aliphatic rings. The molecule has 0 fully saturated rings. The minimum absolute atomic E-state index is 0.0334. The number of phenolic OH excluding ortho intramolecular Hbond substituents is 2. The smallest absolute Gasteiger partial charge is 0.408 e. The number of nitrogens with zero attached hydrogens (tertiary/aromatic N) is 1. The second-order valence-electron chi connectivity index (χ2n) is 10.7. The Labute approximate surface area is 225 Å². The number of hydrogen-bond acceptors (Lipinski definition) is 6. The first-order chi connectivity index (χ1) is 17.7. The van der Waals surface area contributed by atoms with Gasteiger partial charge in [-0.15, -0.1) is 0 Å². The molecule has 0 heterocycles. The van der Waals surface area contributed by atoms with Crippen LogP contribution in [0.4, 0.5) is 4.79 Å². The van der Waals surface area contributed by atoms with Gasteiger partial charge in [0, 0.05) is 18.5 Å². The van der Waals surface area contributed by atoms with E-state index in [9.17, 15) is 24.6 Å². The number of rotatable bonds is 10. The van der Waals surface area contributed by atoms with Crippen LogP contribution in [0.5, 0.6) is 11.5 Å². The Hall–Kier alpha value is -3.75. The van der Waals surface area contributed by atoms with Crippen molar-refractivity contribution in [3.8, 4) is 11.5 Å². The highest BCUT2D eigenvalue weighted by Crippen LogP contribution is 2.29. The molecule has 0 aliphatic heterocycles. The van der Waals surface area contributed by atoms with Crippen LogP contribution in [0.25, 0.3) is 0 Å². The Balaban J connectivity index is 2.58. The van der Waals surface area contributed by atoms with Crippen molar-refractivity contribution in [2.45, 2.75) is 91.1 Å². The van der Waals surface area contributed by atoms with E-state index in [2.05, 4.69) is 10.6 Å². The summed E-state index contributed by atoms with van der Waals surface area (Å²) in [7, 11) is 0. The Morgan fingerprint density at radius 2 is 1.58 bits per heavy atom. The molecule has 2 aromatic rings. The van der Waals surface area contributed by atoms with Crippen molar-refractivity contribution in [3.05, 3.63) is 59.7 Å². The molecule has 0 saturated heterocycles. The van der Waals surface area contributed by atoms with Crippen LogP contribution in [-0.2, 0) is 20.7 Å². The number of alkyl carbamates (subject to hydrolysis) is 1. The number of nitrogens with one attached hydrogen (secondary N) is 2. The highest BCUT2D eigenvalue weighted by molar-refractivity contribution is 5.92. The number of carbonyl (C=O) groups is 3. The van der Waals surface area contributed by atoms with Crippen LogP contribution >= 0.6 is 0 Å². The highest BCUT2D eigenvalue weighted by atomic mass is 16.6. The predicted octanol–water partition coefficient (Wildman–Crippen LogP) is 4.43. The summed E-state index contributed by atoms with van der Waals surface area (Å²) < 4.78 is 5.43. The Kier molecular flexibility index (Phi) is 10.6. The highest BCUT2D eigenvalue weighted by Gasteiger charge is 2.38. The van der Waals surface area contributed by atoms with E-state index in [1.165, 1.54) is 29.2 Å². The van der Waals surface area contributed by atoms with Crippen LogP contribution in [0.2, 0.25) is 0 Å². The minimum atomic E-state index is -1.07. The van der Waals surface area contributed by atoms with Gasteiger partial charge >= 0.3 is 6.09 Å². The summed E-state index contributed by atoms with van der Waals surface area (Å²) in [5.41, 5.74) is 0.354. The topological polar surface area (TPSA) is 128 Å². The number of carbonyl (C=O) groups excluding carboxylic acids is 3. The van der Waals surface area contributed by atoms with Gasteiger partial charge in [0.25, 0.3) is 0 Å². The molecular weight excluding hydrogens is 486 g/mol. The van der Waals surface area contributed by atoms with E-state index in [-0.39, 0.29) is 24.0 Å². The standard InChI is InChI=1S/C29H41N3O6/c1-8-19(4)32(25(26(35)30-18(2)3)21-10-9-11-23(34)17-21)27(36)24(31-28(37)38-29(5,6)7)16-20-12-14-22(33)15-13-20/h9-15,17-19,24-25,33-34H,8,16H2,1-7H3,(H,30,35)(H,31,37). The van der Waals surface area contributed by atoms with E-state index in [0.29, 0.717) is 17.5 Å². The van der Waals surface area contributed by atoms with Crippen LogP contribution in [-0.4, -0.2) is 56.7 Å². The summed E-state index contributed by atoms with van der Waals surface area (Å²) in [6.45, 7) is 12.6. The molecule has 9 nitrogen and oxygen atoms in total. The third-order valence-corrected chi connectivity index (χ3v) is 5.83. The maximum Gasteiger partial charge on any atom is 0.408 e. The van der Waals surface area contributed by atoms with E-state index in [1.54, 1.807) is 45.0 Å². The Morgan fingerprint density at radius 1 is 0.947 bits per heavy atom. The summed E-state index contributed by atoms with van der Waals surface area (Å²) in [6.07, 6.45) is -0.127. The summed E-state index contributed by atoms with van der Waals surface area (Å²) in [5, 5.41) is 25.4. The van der Waals surface area contributed by atoms with Crippen LogP contribution < -0.4 is 10.6 Å². The first-order valence-electron chi connectivity index (χ1n) is 12.9. The van der Waals surface area contributed by atoms with E-state index in [0.717, 1.165) is 0 Å². The van der Waals surface area contributed by atoms with Crippen LogP contribution in [0, 0.1) is 0 Å². The molecule has 3 atom stereocenters. The fourth-order valence-corrected chi connectivity index (χ4v) is 3.99. The van der Waals surface area contributed by atoms with Gasteiger partial charge in [0.15, 0.2) is 0 Å². The second-order valence-corrected chi connectivity index (χ2v) is 10.7. The van der Waals surface area contributed by atoms with E-state index >= 15 is 0 Å². The number of ether oxygens (including phenoxy) is 1. The van der Waals surface area contributed by atoms with Gasteiger partial charge in [-0.3, -0.25) is 9.59 Å². The zero-order valence-electron chi connectivity index (χ0n) is 23.3. The number of amides is 3. The van der Waals surface area contributed by atoms with Crippen LogP contribution in [0.1, 0.15) is 72.1 Å². The summed E-state index contributed by atoms with van der Waals surface area (Å²) in [4.78, 5) is 42.1. The number of hydrogen-bond donors (Lipinski definition) is 4. The van der Waals surface area contributed by atoms with Crippen molar-refractivity contribution in [3.63, 3.8) is 0 Å². The predicted molar refractivity (Wildman–Crippen MR) is 146 cm³/mol. The monoisotopic (exact) mass is 527 g/mol. The number of aromatic hydroxyl groups is 2. The normalized spacial score (nSPS) is 13.8. The maximum absolute atomic E-state index is 14.3. The van der Waals surface area contributed by atoms with Gasteiger partial charge < -0.3 is 30.5 Å². The van der Waals surface area contributed by atoms with Crippen molar-refractivity contribution in [2.75, 3.05) is 0 Å². The molecule has 2 rings (SSSR count). The summed E-state index contributed by atoms with van der Waals surface area (Å²) in [6, 6.07) is 9.87. The Morgan fingerprint density at radius 3 is 2.11 bits per heavy atom. The molecule has 38 heavy (non-hydrogen) atoms. The molecule has 0 aromatic heterocycles. The second kappa shape index (κ2) is 13.2. The lowest BCUT2D eigenvalue weighted by atomic mass is 9.97. The molecule has 3 amide bonds. The zero-order chi connectivity index (χ0) is 28.6. The average Bonchev–Trinajstić information content (AvgIpc) is 2.80. The third-order valence-electron chi connectivity index (χ3n) is 5.83. The fraction of sp³-hybridized carbons (Fsp3) is 0.483. The first-order valence-corrected chi connectivity index (χ1v) is 12.9. The minimum Gasteiger partial charge on any atom is -0.508 e. The van der Waals surface area contributed by atoms with E-state index in [4.69, 9.17) is 4.74 Å². The fourth-order valence-electron chi connectivity index (χ4n) is 3.99. The van der Waals surface area contributed by atoms with Gasteiger partial charge in [-0.05, 0) is 83.4 Å². The molecule has 0 saturated carbocycles. The molecule has 3 unspecified atom stereocenters. The lowest BCUT2D eigenvalue weighted by Gasteiger charge is -2.38. The van der Waals surface area contributed by atoms with Gasteiger partial charge in [0.2, 0.25) is 11.8 Å². The Bertz CT molecular complexity index is 1090. The third kappa shape index (κ3) is 8.97. The van der Waals surface area contributed by atoms with Crippen molar-refractivity contribution >= 4 is 17.9 Å². The number of benzene rings is 2. The van der Waals surface area contributed by atoms with Gasteiger partial charge in [0.05, 0.1) is 0 Å². The molecule has 0 bridgehead atoms. The van der Waals surface area contributed by atoms with Gasteiger partial charge in [0.1, 0.15) is 29.2 Å². The SMILES string of the molecule is CCC(C)N(C(=O)C(Cc1ccc(O)cc1)NC(=O)OC(C)(C)C)C(C(=O)NC(C)C)c1cccc(O)c1. The van der Waals surface area contributed by atoms with Crippen LogP contribution in [0.3, 0.4) is 0 Å². The van der Waals surface area contributed by atoms with Crippen molar-refractivity contribution < 1.29 is 29.3 Å². The van der Waals surface area contributed by atoms with E-state index in [1.807, 2.05) is 27.7 Å². The molecule has 0 aliphatic carbocycles. The molecule has 9 heteroatoms. The average molecular weight is 528 g/mol. The van der Waals surface area contributed by atoms with Crippen molar-refractivity contribution in [1.82, 2.24) is 15.5 Å². The van der Waals surface area contributed by atoms with Gasteiger partial charge in [-0.25, -0.2) is 4.79 Å². The maximum atomic E-state index is 14.3.